The van der Waals surface area contributed by atoms with Crippen LogP contribution in [-0.4, -0.2) is 62.5 Å². The molecule has 1 aliphatic rings. The summed E-state index contributed by atoms with van der Waals surface area (Å²) in [4.78, 5) is 18.9. The maximum absolute atomic E-state index is 12.9. The molecule has 0 saturated carbocycles. The van der Waals surface area contributed by atoms with Crippen LogP contribution in [-0.2, 0) is 4.74 Å². The number of H-pyrrole nitrogens is 2. The molecule has 0 radical (unpaired) electrons. The van der Waals surface area contributed by atoms with Crippen LogP contribution < -0.4 is 0 Å². The van der Waals surface area contributed by atoms with Gasteiger partial charge in [-0.15, -0.1) is 0 Å². The van der Waals surface area contributed by atoms with Crippen molar-refractivity contribution in [3.63, 3.8) is 0 Å². The molecule has 0 bridgehead atoms. The summed E-state index contributed by atoms with van der Waals surface area (Å²) >= 11 is 0. The van der Waals surface area contributed by atoms with Crippen molar-refractivity contribution in [2.75, 3.05) is 20.2 Å². The second-order valence-electron chi connectivity index (χ2n) is 6.62. The van der Waals surface area contributed by atoms with Crippen molar-refractivity contribution in [1.29, 1.82) is 0 Å². The molecule has 3 heterocycles. The third-order valence-electron chi connectivity index (χ3n) is 4.53. The standard InChI is InChI=1S/C16H24N6O2/c1-9(2)14-13(10(3)19-20-14)16(23)22(4)7-12-11(5-6-24-12)15-17-8-18-21-15/h8-9,11-12H,5-7H2,1-4H3,(H,19,20)(H,17,18,21)/t11-,12-/m1/s1. The van der Waals surface area contributed by atoms with Gasteiger partial charge in [-0.25, -0.2) is 4.98 Å². The molecule has 1 aliphatic heterocycles. The minimum Gasteiger partial charge on any atom is -0.376 e. The summed E-state index contributed by atoms with van der Waals surface area (Å²) in [5, 5.41) is 14.0. The number of rotatable bonds is 5. The van der Waals surface area contributed by atoms with E-state index in [4.69, 9.17) is 4.74 Å². The number of amides is 1. The molecule has 1 saturated heterocycles. The first-order valence-electron chi connectivity index (χ1n) is 8.26. The number of aromatic nitrogens is 5. The third kappa shape index (κ3) is 3.06. The Hall–Kier alpha value is -2.22. The minimum atomic E-state index is -0.0818. The first-order valence-corrected chi connectivity index (χ1v) is 8.26. The highest BCUT2D eigenvalue weighted by Crippen LogP contribution is 2.30. The lowest BCUT2D eigenvalue weighted by molar-refractivity contribution is 0.0548. The quantitative estimate of drug-likeness (QED) is 0.866. The van der Waals surface area contributed by atoms with E-state index in [0.717, 1.165) is 23.6 Å². The van der Waals surface area contributed by atoms with Gasteiger partial charge in [0.2, 0.25) is 0 Å². The van der Waals surface area contributed by atoms with Gasteiger partial charge in [0.25, 0.3) is 5.91 Å². The van der Waals surface area contributed by atoms with E-state index in [0.29, 0.717) is 18.7 Å². The maximum Gasteiger partial charge on any atom is 0.257 e. The SMILES string of the molecule is Cc1[nH]nc(C(C)C)c1C(=O)N(C)C[C@H]1OCC[C@H]1c1ncn[nH]1. The van der Waals surface area contributed by atoms with Crippen molar-refractivity contribution in [1.82, 2.24) is 30.3 Å². The summed E-state index contributed by atoms with van der Waals surface area (Å²) in [6.07, 6.45) is 2.30. The Morgan fingerprint density at radius 1 is 1.46 bits per heavy atom. The van der Waals surface area contributed by atoms with Crippen molar-refractivity contribution < 1.29 is 9.53 Å². The van der Waals surface area contributed by atoms with E-state index >= 15 is 0 Å². The fraction of sp³-hybridized carbons (Fsp3) is 0.625. The molecule has 0 spiro atoms. The van der Waals surface area contributed by atoms with Crippen LogP contribution >= 0.6 is 0 Å². The molecule has 8 nitrogen and oxygen atoms in total. The number of nitrogens with one attached hydrogen (secondary N) is 2. The average Bonchev–Trinajstić information content (AvgIpc) is 3.25. The van der Waals surface area contributed by atoms with Crippen LogP contribution in [0.25, 0.3) is 0 Å². The van der Waals surface area contributed by atoms with E-state index in [1.165, 1.54) is 6.33 Å². The average molecular weight is 332 g/mol. The number of carbonyl (C=O) groups excluding carboxylic acids is 1. The molecule has 2 aromatic heterocycles. The summed E-state index contributed by atoms with van der Waals surface area (Å²) in [5.74, 6) is 1.11. The summed E-state index contributed by atoms with van der Waals surface area (Å²) < 4.78 is 5.83. The summed E-state index contributed by atoms with van der Waals surface area (Å²) in [7, 11) is 1.80. The third-order valence-corrected chi connectivity index (χ3v) is 4.53. The Balaban J connectivity index is 1.74. The van der Waals surface area contributed by atoms with E-state index in [1.54, 1.807) is 11.9 Å². The molecule has 3 rings (SSSR count). The monoisotopic (exact) mass is 332 g/mol. The number of hydrogen-bond acceptors (Lipinski definition) is 5. The molecule has 0 aliphatic carbocycles. The van der Waals surface area contributed by atoms with Crippen LogP contribution in [0.1, 0.15) is 59.7 Å². The lowest BCUT2D eigenvalue weighted by Crippen LogP contribution is -2.37. The molecule has 1 fully saturated rings. The van der Waals surface area contributed by atoms with E-state index in [-0.39, 0.29) is 23.8 Å². The molecule has 130 valence electrons. The van der Waals surface area contributed by atoms with Gasteiger partial charge in [0.05, 0.1) is 17.4 Å². The molecule has 0 unspecified atom stereocenters. The van der Waals surface area contributed by atoms with E-state index in [9.17, 15) is 4.79 Å². The van der Waals surface area contributed by atoms with Gasteiger partial charge in [0, 0.05) is 31.8 Å². The van der Waals surface area contributed by atoms with E-state index in [2.05, 4.69) is 25.4 Å². The first kappa shape index (κ1) is 16.6. The molecular formula is C16H24N6O2. The molecule has 2 atom stereocenters. The second kappa shape index (κ2) is 6.72. The minimum absolute atomic E-state index is 0.0308. The molecule has 1 amide bonds. The van der Waals surface area contributed by atoms with Gasteiger partial charge in [-0.3, -0.25) is 15.0 Å². The van der Waals surface area contributed by atoms with Gasteiger partial charge in [-0.2, -0.15) is 10.2 Å². The smallest absolute Gasteiger partial charge is 0.257 e. The Bertz CT molecular complexity index is 693. The Labute approximate surface area is 141 Å². The lowest BCUT2D eigenvalue weighted by Gasteiger charge is -2.24. The van der Waals surface area contributed by atoms with Crippen LogP contribution in [0.15, 0.2) is 6.33 Å². The normalized spacial score (nSPS) is 20.7. The molecule has 0 aromatic carbocycles. The largest absolute Gasteiger partial charge is 0.376 e. The Morgan fingerprint density at radius 2 is 2.25 bits per heavy atom. The van der Waals surface area contributed by atoms with Gasteiger partial charge in [-0.05, 0) is 19.3 Å². The highest BCUT2D eigenvalue weighted by Gasteiger charge is 2.34. The zero-order valence-electron chi connectivity index (χ0n) is 14.5. The molecule has 2 aromatic rings. The molecule has 24 heavy (non-hydrogen) atoms. The molecular weight excluding hydrogens is 308 g/mol. The van der Waals surface area contributed by atoms with Gasteiger partial charge < -0.3 is 9.64 Å². The van der Waals surface area contributed by atoms with E-state index < -0.39 is 0 Å². The number of aromatic amines is 2. The van der Waals surface area contributed by atoms with Crippen LogP contribution in [0.4, 0.5) is 0 Å². The Morgan fingerprint density at radius 3 is 2.92 bits per heavy atom. The predicted molar refractivity (Wildman–Crippen MR) is 87.9 cm³/mol. The van der Waals surface area contributed by atoms with Gasteiger partial charge in [0.15, 0.2) is 0 Å². The van der Waals surface area contributed by atoms with Crippen molar-refractivity contribution in [3.05, 3.63) is 29.1 Å². The highest BCUT2D eigenvalue weighted by atomic mass is 16.5. The first-order chi connectivity index (χ1) is 11.5. The number of likely N-dealkylation sites (N-methyl/N-ethyl adjacent to an activating group) is 1. The van der Waals surface area contributed by atoms with Crippen molar-refractivity contribution in [2.24, 2.45) is 0 Å². The molecule has 2 N–H and O–H groups in total. The molecule has 8 heteroatoms. The fourth-order valence-corrected chi connectivity index (χ4v) is 3.21. The van der Waals surface area contributed by atoms with Crippen molar-refractivity contribution in [3.8, 4) is 0 Å². The van der Waals surface area contributed by atoms with Crippen LogP contribution in [0, 0.1) is 6.92 Å². The van der Waals surface area contributed by atoms with E-state index in [1.807, 2.05) is 20.8 Å². The second-order valence-corrected chi connectivity index (χ2v) is 6.62. The van der Waals surface area contributed by atoms with Crippen molar-refractivity contribution >= 4 is 5.91 Å². The fourth-order valence-electron chi connectivity index (χ4n) is 3.21. The van der Waals surface area contributed by atoms with Crippen LogP contribution in [0.2, 0.25) is 0 Å². The Kier molecular flexibility index (Phi) is 4.66. The summed E-state index contributed by atoms with van der Waals surface area (Å²) in [5.41, 5.74) is 2.28. The zero-order valence-corrected chi connectivity index (χ0v) is 14.5. The van der Waals surface area contributed by atoms with Crippen LogP contribution in [0.3, 0.4) is 0 Å². The van der Waals surface area contributed by atoms with Crippen molar-refractivity contribution in [2.45, 2.75) is 45.1 Å². The number of ether oxygens (including phenoxy) is 1. The number of nitrogens with zero attached hydrogens (tertiary/aromatic N) is 4. The summed E-state index contributed by atoms with van der Waals surface area (Å²) in [6, 6.07) is 0. The predicted octanol–water partition coefficient (Wildman–Crippen LogP) is 1.60. The number of hydrogen-bond donors (Lipinski definition) is 2. The van der Waals surface area contributed by atoms with Gasteiger partial charge >= 0.3 is 0 Å². The maximum atomic E-state index is 12.9. The zero-order chi connectivity index (χ0) is 17.3. The number of aryl methyl sites for hydroxylation is 1. The van der Waals surface area contributed by atoms with Gasteiger partial charge in [0.1, 0.15) is 12.2 Å². The van der Waals surface area contributed by atoms with Crippen LogP contribution in [0.5, 0.6) is 0 Å². The highest BCUT2D eigenvalue weighted by molar-refractivity contribution is 5.96. The topological polar surface area (TPSA) is 99.8 Å². The lowest BCUT2D eigenvalue weighted by atomic mass is 9.99. The summed E-state index contributed by atoms with van der Waals surface area (Å²) in [6.45, 7) is 7.12. The van der Waals surface area contributed by atoms with Gasteiger partial charge in [-0.1, -0.05) is 13.8 Å². The number of carbonyl (C=O) groups is 1.